The Bertz CT molecular complexity index is 1390. The Kier molecular flexibility index (Phi) is 6.28. The summed E-state index contributed by atoms with van der Waals surface area (Å²) in [6, 6.07) is 29.0. The molecule has 4 aromatic rings. The number of nitrogens with zero attached hydrogens (tertiary/aromatic N) is 1. The molecule has 0 spiro atoms. The van der Waals surface area contributed by atoms with E-state index in [1.54, 1.807) is 42.5 Å². The molecular weight excluding hydrogens is 412 g/mol. The number of ether oxygens (including phenoxy) is 1. The number of anilines is 1. The number of hydrogen-bond acceptors (Lipinski definition) is 4. The van der Waals surface area contributed by atoms with Gasteiger partial charge in [-0.3, -0.25) is 4.79 Å². The third-order valence-electron chi connectivity index (χ3n) is 5.09. The van der Waals surface area contributed by atoms with Gasteiger partial charge in [0.2, 0.25) is 0 Å². The van der Waals surface area contributed by atoms with Gasteiger partial charge in [0.1, 0.15) is 17.4 Å². The Morgan fingerprint density at radius 3 is 2.30 bits per heavy atom. The molecular formula is C28H20N2O3. The molecule has 0 aromatic heterocycles. The fraction of sp³-hybridized carbons (Fsp3) is 0.0357. The second kappa shape index (κ2) is 9.63. The van der Waals surface area contributed by atoms with Crippen LogP contribution in [-0.2, 0) is 4.79 Å². The van der Waals surface area contributed by atoms with Gasteiger partial charge in [0.05, 0.1) is 5.56 Å². The lowest BCUT2D eigenvalue weighted by molar-refractivity contribution is -0.112. The monoisotopic (exact) mass is 432 g/mol. The van der Waals surface area contributed by atoms with E-state index in [2.05, 4.69) is 5.32 Å². The summed E-state index contributed by atoms with van der Waals surface area (Å²) in [7, 11) is 0. The number of amides is 1. The van der Waals surface area contributed by atoms with E-state index in [-0.39, 0.29) is 5.57 Å². The van der Waals surface area contributed by atoms with Crippen LogP contribution in [0.1, 0.15) is 21.5 Å². The zero-order valence-electron chi connectivity index (χ0n) is 17.9. The molecule has 0 unspecified atom stereocenters. The number of carbonyl (C=O) groups is 2. The van der Waals surface area contributed by atoms with Gasteiger partial charge in [0.25, 0.3) is 5.91 Å². The molecule has 0 radical (unpaired) electrons. The maximum absolute atomic E-state index is 12.7. The lowest BCUT2D eigenvalue weighted by Crippen LogP contribution is -2.13. The second-order valence-electron chi connectivity index (χ2n) is 7.48. The van der Waals surface area contributed by atoms with E-state index in [1.165, 1.54) is 6.08 Å². The number of nitriles is 1. The van der Waals surface area contributed by atoms with Gasteiger partial charge in [-0.05, 0) is 59.7 Å². The predicted octanol–water partition coefficient (Wildman–Crippen LogP) is 5.91. The molecule has 33 heavy (non-hydrogen) atoms. The Hall–Kier alpha value is -4.69. The van der Waals surface area contributed by atoms with Crippen molar-refractivity contribution in [1.82, 2.24) is 0 Å². The maximum Gasteiger partial charge on any atom is 0.344 e. The van der Waals surface area contributed by atoms with Gasteiger partial charge in [0, 0.05) is 5.69 Å². The molecule has 0 atom stereocenters. The molecule has 4 rings (SSSR count). The van der Waals surface area contributed by atoms with Crippen molar-refractivity contribution in [3.8, 4) is 11.8 Å². The number of carbonyl (C=O) groups excluding carboxylic acids is 2. The molecule has 0 saturated heterocycles. The standard InChI is InChI=1S/C28H20N2O3/c1-19-9-13-23(14-10-19)30-27(31)22(18-29)17-20-11-15-24(16-12-20)33-28(32)26-8-4-6-21-5-2-3-7-25(21)26/h2-17H,1H3,(H,30,31)/b22-17+. The van der Waals surface area contributed by atoms with E-state index in [0.717, 1.165) is 16.3 Å². The molecule has 1 N–H and O–H groups in total. The van der Waals surface area contributed by atoms with Crippen molar-refractivity contribution >= 4 is 34.4 Å². The summed E-state index contributed by atoms with van der Waals surface area (Å²) in [5.74, 6) is -0.578. The zero-order valence-corrected chi connectivity index (χ0v) is 17.9. The summed E-state index contributed by atoms with van der Waals surface area (Å²) < 4.78 is 5.53. The van der Waals surface area contributed by atoms with Crippen molar-refractivity contribution in [1.29, 1.82) is 5.26 Å². The van der Waals surface area contributed by atoms with Crippen LogP contribution in [0.15, 0.2) is 96.6 Å². The van der Waals surface area contributed by atoms with Gasteiger partial charge in [-0.1, -0.05) is 66.2 Å². The fourth-order valence-electron chi connectivity index (χ4n) is 3.35. The second-order valence-corrected chi connectivity index (χ2v) is 7.48. The minimum absolute atomic E-state index is 0.0314. The van der Waals surface area contributed by atoms with E-state index in [0.29, 0.717) is 22.6 Å². The number of hydrogen-bond donors (Lipinski definition) is 1. The lowest BCUT2D eigenvalue weighted by Gasteiger charge is -2.08. The first-order chi connectivity index (χ1) is 16.0. The van der Waals surface area contributed by atoms with Crippen molar-refractivity contribution in [2.75, 3.05) is 5.32 Å². The summed E-state index contributed by atoms with van der Waals surface area (Å²) >= 11 is 0. The molecule has 0 aliphatic rings. The highest BCUT2D eigenvalue weighted by atomic mass is 16.5. The molecule has 5 heteroatoms. The van der Waals surface area contributed by atoms with Gasteiger partial charge in [-0.25, -0.2) is 4.79 Å². The van der Waals surface area contributed by atoms with E-state index in [9.17, 15) is 14.9 Å². The van der Waals surface area contributed by atoms with Crippen molar-refractivity contribution in [3.63, 3.8) is 0 Å². The normalized spacial score (nSPS) is 11.0. The molecule has 1 amide bonds. The highest BCUT2D eigenvalue weighted by molar-refractivity contribution is 6.09. The molecule has 0 heterocycles. The van der Waals surface area contributed by atoms with Gasteiger partial charge in [-0.15, -0.1) is 0 Å². The van der Waals surface area contributed by atoms with Gasteiger partial charge >= 0.3 is 5.97 Å². The van der Waals surface area contributed by atoms with Gasteiger partial charge in [0.15, 0.2) is 0 Å². The summed E-state index contributed by atoms with van der Waals surface area (Å²) in [6.07, 6.45) is 1.49. The summed E-state index contributed by atoms with van der Waals surface area (Å²) in [5.41, 5.74) is 2.77. The van der Waals surface area contributed by atoms with E-state index >= 15 is 0 Å². The number of esters is 1. The Morgan fingerprint density at radius 1 is 0.879 bits per heavy atom. The summed E-state index contributed by atoms with van der Waals surface area (Å²) in [4.78, 5) is 25.1. The van der Waals surface area contributed by atoms with Crippen LogP contribution in [-0.4, -0.2) is 11.9 Å². The summed E-state index contributed by atoms with van der Waals surface area (Å²) in [5, 5.41) is 13.9. The van der Waals surface area contributed by atoms with Crippen LogP contribution in [0, 0.1) is 18.3 Å². The van der Waals surface area contributed by atoms with Gasteiger partial charge in [-0.2, -0.15) is 5.26 Å². The first kappa shape index (κ1) is 21.5. The molecule has 0 fully saturated rings. The van der Waals surface area contributed by atoms with Crippen LogP contribution in [0.4, 0.5) is 5.69 Å². The molecule has 5 nitrogen and oxygen atoms in total. The summed E-state index contributed by atoms with van der Waals surface area (Å²) in [6.45, 7) is 1.95. The van der Waals surface area contributed by atoms with Crippen LogP contribution < -0.4 is 10.1 Å². The van der Waals surface area contributed by atoms with Crippen molar-refractivity contribution in [3.05, 3.63) is 113 Å². The molecule has 0 aliphatic heterocycles. The number of fused-ring (bicyclic) bond motifs is 1. The highest BCUT2D eigenvalue weighted by Gasteiger charge is 2.13. The van der Waals surface area contributed by atoms with Crippen LogP contribution in [0.25, 0.3) is 16.8 Å². The third-order valence-corrected chi connectivity index (χ3v) is 5.09. The van der Waals surface area contributed by atoms with Gasteiger partial charge < -0.3 is 10.1 Å². The topological polar surface area (TPSA) is 79.2 Å². The SMILES string of the molecule is Cc1ccc(NC(=O)/C(C#N)=C/c2ccc(OC(=O)c3cccc4ccccc34)cc2)cc1. The highest BCUT2D eigenvalue weighted by Crippen LogP contribution is 2.22. The predicted molar refractivity (Wildman–Crippen MR) is 129 cm³/mol. The largest absolute Gasteiger partial charge is 0.423 e. The third kappa shape index (κ3) is 5.15. The fourth-order valence-corrected chi connectivity index (χ4v) is 3.35. The first-order valence-corrected chi connectivity index (χ1v) is 10.3. The molecule has 4 aromatic carbocycles. The molecule has 160 valence electrons. The Balaban J connectivity index is 1.47. The minimum atomic E-state index is -0.493. The molecule has 0 aliphatic carbocycles. The number of rotatable bonds is 5. The van der Waals surface area contributed by atoms with Crippen molar-refractivity contribution < 1.29 is 14.3 Å². The van der Waals surface area contributed by atoms with Crippen molar-refractivity contribution in [2.45, 2.75) is 6.92 Å². The van der Waals surface area contributed by atoms with Crippen LogP contribution in [0.2, 0.25) is 0 Å². The molecule has 0 saturated carbocycles. The lowest BCUT2D eigenvalue weighted by atomic mass is 10.0. The average Bonchev–Trinajstić information content (AvgIpc) is 2.84. The number of benzene rings is 4. The van der Waals surface area contributed by atoms with Crippen LogP contribution in [0.3, 0.4) is 0 Å². The Morgan fingerprint density at radius 2 is 1.58 bits per heavy atom. The van der Waals surface area contributed by atoms with E-state index < -0.39 is 11.9 Å². The minimum Gasteiger partial charge on any atom is -0.423 e. The average molecular weight is 432 g/mol. The van der Waals surface area contributed by atoms with Crippen molar-refractivity contribution in [2.24, 2.45) is 0 Å². The smallest absolute Gasteiger partial charge is 0.344 e. The van der Waals surface area contributed by atoms with E-state index in [4.69, 9.17) is 4.74 Å². The van der Waals surface area contributed by atoms with E-state index in [1.807, 2.05) is 61.5 Å². The zero-order chi connectivity index (χ0) is 23.2. The number of aryl methyl sites for hydroxylation is 1. The number of nitrogens with one attached hydrogen (secondary N) is 1. The Labute approximate surface area is 191 Å². The quantitative estimate of drug-likeness (QED) is 0.184. The van der Waals surface area contributed by atoms with Crippen LogP contribution in [0.5, 0.6) is 5.75 Å². The van der Waals surface area contributed by atoms with Crippen LogP contribution >= 0.6 is 0 Å². The molecule has 0 bridgehead atoms. The first-order valence-electron chi connectivity index (χ1n) is 10.3. The maximum atomic E-state index is 12.7.